The lowest BCUT2D eigenvalue weighted by Crippen LogP contribution is -2.52. The summed E-state index contributed by atoms with van der Waals surface area (Å²) in [5.74, 6) is 0.495. The van der Waals surface area contributed by atoms with Gasteiger partial charge in [-0.2, -0.15) is 0 Å². The molecule has 2 fully saturated rings. The first kappa shape index (κ1) is 23.8. The zero-order chi connectivity index (χ0) is 23.8. The monoisotopic (exact) mass is 453 g/mol. The minimum Gasteiger partial charge on any atom is -0.478 e. The van der Waals surface area contributed by atoms with Crippen molar-refractivity contribution in [3.8, 4) is 0 Å². The number of likely N-dealkylation sites (tertiary alicyclic amines) is 1. The Morgan fingerprint density at radius 2 is 1.79 bits per heavy atom. The summed E-state index contributed by atoms with van der Waals surface area (Å²) in [5.41, 5.74) is 1.19. The van der Waals surface area contributed by atoms with Crippen LogP contribution in [0.4, 0.5) is 0 Å². The molecule has 1 saturated carbocycles. The molecule has 180 valence electrons. The molecule has 3 aliphatic rings. The fraction of sp³-hybridized carbons (Fsp3) is 0.667. The average molecular weight is 454 g/mol. The topological polar surface area (TPSA) is 73.2 Å². The number of carbonyl (C=O) groups is 2. The number of nitrogens with zero attached hydrogens (tertiary/aromatic N) is 3. The van der Waals surface area contributed by atoms with E-state index in [1.807, 2.05) is 17.0 Å². The molecule has 6 nitrogen and oxygen atoms in total. The maximum atomic E-state index is 13.7. The summed E-state index contributed by atoms with van der Waals surface area (Å²) in [7, 11) is 0. The van der Waals surface area contributed by atoms with E-state index in [1.165, 1.54) is 6.42 Å². The second-order valence-electron chi connectivity index (χ2n) is 11.3. The first-order valence-corrected chi connectivity index (χ1v) is 12.6. The first-order valence-electron chi connectivity index (χ1n) is 12.6. The highest BCUT2D eigenvalue weighted by Gasteiger charge is 2.51. The maximum absolute atomic E-state index is 13.7. The van der Waals surface area contributed by atoms with Crippen molar-refractivity contribution in [1.82, 2.24) is 9.80 Å². The van der Waals surface area contributed by atoms with E-state index in [9.17, 15) is 9.59 Å². The number of aliphatic imine (C=N–C) groups is 1. The van der Waals surface area contributed by atoms with Gasteiger partial charge in [0.15, 0.2) is 5.84 Å². The van der Waals surface area contributed by atoms with E-state index in [2.05, 4.69) is 32.6 Å². The molecule has 1 unspecified atom stereocenters. The molecule has 33 heavy (non-hydrogen) atoms. The summed E-state index contributed by atoms with van der Waals surface area (Å²) in [6, 6.07) is 7.37. The second kappa shape index (κ2) is 9.11. The van der Waals surface area contributed by atoms with E-state index in [-0.39, 0.29) is 16.9 Å². The molecule has 6 heteroatoms. The molecule has 1 aromatic carbocycles. The molecule has 0 bridgehead atoms. The lowest BCUT2D eigenvalue weighted by Gasteiger charge is -2.44. The van der Waals surface area contributed by atoms with E-state index >= 15 is 0 Å². The number of amides is 1. The molecule has 1 aromatic rings. The molecule has 1 saturated heterocycles. The Kier molecular flexibility index (Phi) is 6.56. The molecule has 2 aliphatic heterocycles. The van der Waals surface area contributed by atoms with Crippen molar-refractivity contribution in [3.63, 3.8) is 0 Å². The van der Waals surface area contributed by atoms with Gasteiger partial charge in [-0.1, -0.05) is 32.9 Å². The molecule has 4 rings (SSSR count). The van der Waals surface area contributed by atoms with Crippen LogP contribution in [0.25, 0.3) is 0 Å². The summed E-state index contributed by atoms with van der Waals surface area (Å²) >= 11 is 0. The van der Waals surface area contributed by atoms with Gasteiger partial charge in [0.2, 0.25) is 0 Å². The molecule has 1 atom stereocenters. The zero-order valence-corrected chi connectivity index (χ0v) is 20.6. The highest BCUT2D eigenvalue weighted by atomic mass is 16.4. The second-order valence-corrected chi connectivity index (χ2v) is 11.3. The van der Waals surface area contributed by atoms with Crippen LogP contribution in [0.3, 0.4) is 0 Å². The third kappa shape index (κ3) is 4.80. The van der Waals surface area contributed by atoms with Crippen LogP contribution in [-0.2, 0) is 11.2 Å². The van der Waals surface area contributed by atoms with Gasteiger partial charge in [0.05, 0.1) is 5.56 Å². The highest BCUT2D eigenvalue weighted by Crippen LogP contribution is 2.46. The molecular weight excluding hydrogens is 414 g/mol. The Bertz CT molecular complexity index is 908. The number of rotatable bonds is 4. The van der Waals surface area contributed by atoms with Gasteiger partial charge in [-0.25, -0.2) is 9.79 Å². The third-order valence-electron chi connectivity index (χ3n) is 8.16. The fourth-order valence-corrected chi connectivity index (χ4v) is 5.91. The Morgan fingerprint density at radius 3 is 2.36 bits per heavy atom. The zero-order valence-electron chi connectivity index (χ0n) is 20.6. The van der Waals surface area contributed by atoms with Crippen molar-refractivity contribution in [2.75, 3.05) is 13.1 Å². The van der Waals surface area contributed by atoms with Crippen molar-refractivity contribution >= 4 is 17.7 Å². The van der Waals surface area contributed by atoms with Gasteiger partial charge >= 0.3 is 5.97 Å². The molecule has 1 N–H and O–H groups in total. The number of carbonyl (C=O) groups excluding carboxylic acids is 1. The molecule has 1 aliphatic carbocycles. The number of piperidine rings is 1. The summed E-state index contributed by atoms with van der Waals surface area (Å²) in [4.78, 5) is 34.4. The number of hydrogen-bond donors (Lipinski definition) is 1. The van der Waals surface area contributed by atoms with Gasteiger partial charge in [0, 0.05) is 19.1 Å². The lowest BCUT2D eigenvalue weighted by molar-refractivity contribution is -0.130. The summed E-state index contributed by atoms with van der Waals surface area (Å²) in [6.45, 7) is 10.7. The van der Waals surface area contributed by atoms with Crippen LogP contribution in [0.2, 0.25) is 0 Å². The number of carboxylic acids is 1. The number of aromatic carboxylic acids is 1. The van der Waals surface area contributed by atoms with E-state index < -0.39 is 11.6 Å². The van der Waals surface area contributed by atoms with Crippen LogP contribution in [0.5, 0.6) is 0 Å². The van der Waals surface area contributed by atoms with Crippen molar-refractivity contribution < 1.29 is 14.7 Å². The standard InChI is InChI=1S/C27H39N3O3/c1-19-7-5-6-17-29(19)23-24(31)30(18-14-20-8-10-21(11-9-20)25(32)33)27(28-23)15-12-22(13-16-27)26(2,3)4/h8-11,19,22H,5-7,12-18H2,1-4H3,(H,32,33). The smallest absolute Gasteiger partial charge is 0.335 e. The predicted molar refractivity (Wildman–Crippen MR) is 130 cm³/mol. The Hall–Kier alpha value is -2.37. The minimum atomic E-state index is -0.917. The van der Waals surface area contributed by atoms with Crippen molar-refractivity contribution in [2.24, 2.45) is 16.3 Å². The average Bonchev–Trinajstić information content (AvgIpc) is 3.03. The highest BCUT2D eigenvalue weighted by molar-refractivity contribution is 6.39. The molecular formula is C27H39N3O3. The quantitative estimate of drug-likeness (QED) is 0.698. The van der Waals surface area contributed by atoms with Crippen LogP contribution >= 0.6 is 0 Å². The summed E-state index contributed by atoms with van der Waals surface area (Å²) < 4.78 is 0. The van der Waals surface area contributed by atoms with Crippen molar-refractivity contribution in [1.29, 1.82) is 0 Å². The van der Waals surface area contributed by atoms with Crippen LogP contribution < -0.4 is 0 Å². The van der Waals surface area contributed by atoms with Gasteiger partial charge in [-0.15, -0.1) is 0 Å². The van der Waals surface area contributed by atoms with Crippen molar-refractivity contribution in [3.05, 3.63) is 35.4 Å². The summed E-state index contributed by atoms with van der Waals surface area (Å²) in [5, 5.41) is 9.16. The predicted octanol–water partition coefficient (Wildman–Crippen LogP) is 4.98. The molecule has 0 radical (unpaired) electrons. The van der Waals surface area contributed by atoms with E-state index in [0.717, 1.165) is 50.6 Å². The Balaban J connectivity index is 1.55. The molecule has 0 aromatic heterocycles. The molecule has 2 heterocycles. The summed E-state index contributed by atoms with van der Waals surface area (Å²) in [6.07, 6.45) is 8.17. The van der Waals surface area contributed by atoms with Crippen molar-refractivity contribution in [2.45, 2.75) is 90.8 Å². The van der Waals surface area contributed by atoms with Crippen LogP contribution in [-0.4, -0.2) is 57.4 Å². The van der Waals surface area contributed by atoms with Crippen LogP contribution in [0, 0.1) is 11.3 Å². The normalized spacial score (nSPS) is 28.4. The first-order chi connectivity index (χ1) is 15.6. The molecule has 1 amide bonds. The number of carboxylic acid groups (broad SMARTS) is 1. The largest absolute Gasteiger partial charge is 0.478 e. The van der Waals surface area contributed by atoms with Crippen LogP contribution in [0.1, 0.15) is 88.6 Å². The fourth-order valence-electron chi connectivity index (χ4n) is 5.91. The van der Waals surface area contributed by atoms with Gasteiger partial charge in [0.1, 0.15) is 5.66 Å². The van der Waals surface area contributed by atoms with Gasteiger partial charge in [-0.05, 0) is 87.3 Å². The van der Waals surface area contributed by atoms with E-state index in [1.54, 1.807) is 12.1 Å². The number of benzene rings is 1. The molecule has 1 spiro atoms. The number of amidine groups is 1. The number of hydrogen-bond acceptors (Lipinski definition) is 4. The third-order valence-corrected chi connectivity index (χ3v) is 8.16. The van der Waals surface area contributed by atoms with Crippen LogP contribution in [0.15, 0.2) is 29.3 Å². The lowest BCUT2D eigenvalue weighted by atomic mass is 9.69. The van der Waals surface area contributed by atoms with Gasteiger partial charge < -0.3 is 14.9 Å². The van der Waals surface area contributed by atoms with E-state index in [0.29, 0.717) is 30.8 Å². The Labute approximate surface area is 198 Å². The SMILES string of the molecule is CC1CCCCN1C1=NC2(CCC(C(C)(C)C)CC2)N(CCc2ccc(C(=O)O)cc2)C1=O. The minimum absolute atomic E-state index is 0.0834. The Morgan fingerprint density at radius 1 is 1.12 bits per heavy atom. The maximum Gasteiger partial charge on any atom is 0.335 e. The van der Waals surface area contributed by atoms with E-state index in [4.69, 9.17) is 10.1 Å². The van der Waals surface area contributed by atoms with Gasteiger partial charge in [-0.3, -0.25) is 4.79 Å². The van der Waals surface area contributed by atoms with Gasteiger partial charge in [0.25, 0.3) is 5.91 Å².